The van der Waals surface area contributed by atoms with Gasteiger partial charge in [-0.1, -0.05) is 90.5 Å². The standard InChI is InChI=1S/C25H25N3O/c1-19-12-14-22(15-13-19)25(21-10-6-3-7-11-21)26-18-24(29)28-17-16-23(27-28)20-8-4-2-5-9-20/h2-15,25-26H,16-18H2,1H3/p+1/t25-/m1/s1. The molecule has 0 spiro atoms. The summed E-state index contributed by atoms with van der Waals surface area (Å²) in [5, 5.41) is 8.30. The molecule has 0 saturated carbocycles. The monoisotopic (exact) mass is 384 g/mol. The summed E-state index contributed by atoms with van der Waals surface area (Å²) in [6.07, 6.45) is 0.801. The third kappa shape index (κ3) is 4.61. The van der Waals surface area contributed by atoms with E-state index in [9.17, 15) is 4.79 Å². The van der Waals surface area contributed by atoms with Gasteiger partial charge in [-0.3, -0.25) is 4.79 Å². The Labute approximate surface area is 171 Å². The topological polar surface area (TPSA) is 49.3 Å². The molecule has 4 nitrogen and oxygen atoms in total. The number of rotatable bonds is 6. The minimum atomic E-state index is 0.0453. The van der Waals surface area contributed by atoms with Crippen molar-refractivity contribution >= 4 is 11.6 Å². The molecule has 0 bridgehead atoms. The molecule has 0 radical (unpaired) electrons. The molecule has 0 aliphatic carbocycles. The number of benzene rings is 3. The third-order valence-corrected chi connectivity index (χ3v) is 5.32. The molecule has 1 aliphatic heterocycles. The first-order valence-electron chi connectivity index (χ1n) is 10.1. The van der Waals surface area contributed by atoms with E-state index in [0.717, 1.165) is 17.7 Å². The van der Waals surface area contributed by atoms with Gasteiger partial charge < -0.3 is 5.32 Å². The van der Waals surface area contributed by atoms with E-state index < -0.39 is 0 Å². The van der Waals surface area contributed by atoms with Gasteiger partial charge in [0.2, 0.25) is 0 Å². The second-order valence-electron chi connectivity index (χ2n) is 7.42. The lowest BCUT2D eigenvalue weighted by molar-refractivity contribution is -0.677. The number of amides is 1. The van der Waals surface area contributed by atoms with Crippen LogP contribution in [0.3, 0.4) is 0 Å². The Morgan fingerprint density at radius 3 is 2.24 bits per heavy atom. The van der Waals surface area contributed by atoms with Gasteiger partial charge in [-0.2, -0.15) is 5.10 Å². The SMILES string of the molecule is Cc1ccc([C@H]([NH2+]CC(=O)N2CCC(c3ccccc3)=N2)c2ccccc2)cc1. The van der Waals surface area contributed by atoms with E-state index in [2.05, 4.69) is 53.7 Å². The Morgan fingerprint density at radius 2 is 1.55 bits per heavy atom. The molecule has 0 aromatic heterocycles. The highest BCUT2D eigenvalue weighted by atomic mass is 16.2. The van der Waals surface area contributed by atoms with Gasteiger partial charge in [0.25, 0.3) is 5.91 Å². The zero-order valence-electron chi connectivity index (χ0n) is 16.7. The molecule has 1 amide bonds. The van der Waals surface area contributed by atoms with Crippen LogP contribution in [0.4, 0.5) is 0 Å². The maximum Gasteiger partial charge on any atom is 0.297 e. The number of quaternary nitrogens is 1. The summed E-state index contributed by atoms with van der Waals surface area (Å²) in [7, 11) is 0. The summed E-state index contributed by atoms with van der Waals surface area (Å²) < 4.78 is 0. The molecular formula is C25H26N3O+. The van der Waals surface area contributed by atoms with Gasteiger partial charge in [0, 0.05) is 17.5 Å². The van der Waals surface area contributed by atoms with Crippen LogP contribution in [0.5, 0.6) is 0 Å². The maximum atomic E-state index is 12.8. The quantitative estimate of drug-likeness (QED) is 0.697. The predicted octanol–water partition coefficient (Wildman–Crippen LogP) is 3.28. The smallest absolute Gasteiger partial charge is 0.297 e. The Bertz CT molecular complexity index is 982. The lowest BCUT2D eigenvalue weighted by Gasteiger charge is -2.18. The average molecular weight is 385 g/mol. The van der Waals surface area contributed by atoms with Crippen LogP contribution in [-0.2, 0) is 4.79 Å². The highest BCUT2D eigenvalue weighted by molar-refractivity contribution is 6.02. The van der Waals surface area contributed by atoms with E-state index in [-0.39, 0.29) is 11.9 Å². The number of carbonyl (C=O) groups excluding carboxylic acids is 1. The summed E-state index contributed by atoms with van der Waals surface area (Å²) in [6, 6.07) is 29.1. The maximum absolute atomic E-state index is 12.8. The summed E-state index contributed by atoms with van der Waals surface area (Å²) in [4.78, 5) is 12.8. The number of hydrazone groups is 1. The number of hydrogen-bond acceptors (Lipinski definition) is 2. The molecule has 1 atom stereocenters. The molecule has 4 rings (SSSR count). The van der Waals surface area contributed by atoms with Crippen LogP contribution in [0.2, 0.25) is 0 Å². The van der Waals surface area contributed by atoms with E-state index in [0.29, 0.717) is 13.1 Å². The Morgan fingerprint density at radius 1 is 0.931 bits per heavy atom. The van der Waals surface area contributed by atoms with Crippen molar-refractivity contribution in [3.8, 4) is 0 Å². The van der Waals surface area contributed by atoms with Crippen LogP contribution in [0.25, 0.3) is 0 Å². The molecule has 1 aliphatic rings. The minimum Gasteiger partial charge on any atom is -0.328 e. The van der Waals surface area contributed by atoms with Crippen LogP contribution in [0, 0.1) is 6.92 Å². The average Bonchev–Trinajstić information content (AvgIpc) is 3.27. The van der Waals surface area contributed by atoms with Gasteiger partial charge in [-0.25, -0.2) is 5.01 Å². The van der Waals surface area contributed by atoms with Crippen molar-refractivity contribution in [2.45, 2.75) is 19.4 Å². The molecule has 3 aromatic rings. The van der Waals surface area contributed by atoms with E-state index in [4.69, 9.17) is 0 Å². The zero-order chi connectivity index (χ0) is 20.1. The fourth-order valence-corrected chi connectivity index (χ4v) is 3.69. The highest BCUT2D eigenvalue weighted by Gasteiger charge is 2.25. The molecule has 3 aromatic carbocycles. The van der Waals surface area contributed by atoms with E-state index in [1.807, 2.05) is 48.5 Å². The lowest BCUT2D eigenvalue weighted by atomic mass is 9.98. The highest BCUT2D eigenvalue weighted by Crippen LogP contribution is 2.19. The third-order valence-electron chi connectivity index (χ3n) is 5.32. The fraction of sp³-hybridized carbons (Fsp3) is 0.200. The predicted molar refractivity (Wildman–Crippen MR) is 116 cm³/mol. The van der Waals surface area contributed by atoms with Crippen molar-refractivity contribution in [2.24, 2.45) is 5.10 Å². The van der Waals surface area contributed by atoms with Crippen molar-refractivity contribution < 1.29 is 10.1 Å². The first kappa shape index (κ1) is 19.1. The van der Waals surface area contributed by atoms with Crippen LogP contribution in [0.1, 0.15) is 34.7 Å². The summed E-state index contributed by atoms with van der Waals surface area (Å²) in [6.45, 7) is 3.10. The number of hydrogen-bond donors (Lipinski definition) is 1. The van der Waals surface area contributed by atoms with Gasteiger partial charge in [0.1, 0.15) is 6.04 Å². The number of nitrogens with zero attached hydrogens (tertiary/aromatic N) is 2. The number of nitrogens with two attached hydrogens (primary N) is 1. The zero-order valence-corrected chi connectivity index (χ0v) is 16.7. The summed E-state index contributed by atoms with van der Waals surface area (Å²) in [5.74, 6) is 0.0453. The van der Waals surface area contributed by atoms with Gasteiger partial charge in [0.15, 0.2) is 6.54 Å². The van der Waals surface area contributed by atoms with Crippen molar-refractivity contribution in [1.29, 1.82) is 0 Å². The van der Waals surface area contributed by atoms with Gasteiger partial charge in [-0.05, 0) is 12.5 Å². The van der Waals surface area contributed by atoms with Crippen molar-refractivity contribution in [1.82, 2.24) is 5.01 Å². The van der Waals surface area contributed by atoms with Crippen LogP contribution in [-0.4, -0.2) is 29.7 Å². The summed E-state index contributed by atoms with van der Waals surface area (Å²) in [5.41, 5.74) is 5.70. The van der Waals surface area contributed by atoms with Crippen LogP contribution in [0.15, 0.2) is 90.0 Å². The van der Waals surface area contributed by atoms with Crippen molar-refractivity contribution in [2.75, 3.05) is 13.1 Å². The molecule has 4 heteroatoms. The van der Waals surface area contributed by atoms with Crippen LogP contribution < -0.4 is 5.32 Å². The fourth-order valence-electron chi connectivity index (χ4n) is 3.69. The Kier molecular flexibility index (Phi) is 5.82. The van der Waals surface area contributed by atoms with Gasteiger partial charge >= 0.3 is 0 Å². The number of carbonyl (C=O) groups is 1. The Hall–Kier alpha value is -3.24. The molecule has 2 N–H and O–H groups in total. The second-order valence-corrected chi connectivity index (χ2v) is 7.42. The number of aryl methyl sites for hydroxylation is 1. The molecule has 29 heavy (non-hydrogen) atoms. The molecule has 1 heterocycles. The first-order chi connectivity index (χ1) is 14.2. The molecule has 0 fully saturated rings. The van der Waals surface area contributed by atoms with Crippen molar-refractivity contribution in [3.05, 3.63) is 107 Å². The normalized spacial score (nSPS) is 14.5. The largest absolute Gasteiger partial charge is 0.328 e. The molecular weight excluding hydrogens is 358 g/mol. The first-order valence-corrected chi connectivity index (χ1v) is 10.1. The van der Waals surface area contributed by atoms with Crippen molar-refractivity contribution in [3.63, 3.8) is 0 Å². The molecule has 146 valence electrons. The van der Waals surface area contributed by atoms with E-state index in [1.54, 1.807) is 5.01 Å². The van der Waals surface area contributed by atoms with E-state index >= 15 is 0 Å². The van der Waals surface area contributed by atoms with Crippen LogP contribution >= 0.6 is 0 Å². The van der Waals surface area contributed by atoms with Gasteiger partial charge in [0.05, 0.1) is 12.3 Å². The Balaban J connectivity index is 1.47. The van der Waals surface area contributed by atoms with E-state index in [1.165, 1.54) is 16.7 Å². The van der Waals surface area contributed by atoms with Gasteiger partial charge in [-0.15, -0.1) is 0 Å². The lowest BCUT2D eigenvalue weighted by Crippen LogP contribution is -2.87. The summed E-state index contributed by atoms with van der Waals surface area (Å²) >= 11 is 0. The minimum absolute atomic E-state index is 0.0453. The molecule has 0 saturated heterocycles. The molecule has 0 unspecified atom stereocenters. The second kappa shape index (κ2) is 8.84.